The van der Waals surface area contributed by atoms with Crippen LogP contribution in [0.4, 0.5) is 0 Å². The molecule has 0 spiro atoms. The molecule has 1 aromatic rings. The van der Waals surface area contributed by atoms with Gasteiger partial charge in [0.1, 0.15) is 5.75 Å². The van der Waals surface area contributed by atoms with Crippen LogP contribution < -0.4 is 4.74 Å². The summed E-state index contributed by atoms with van der Waals surface area (Å²) in [7, 11) is 1.71. The zero-order valence-electron chi connectivity index (χ0n) is 10.7. The van der Waals surface area contributed by atoms with Crippen LogP contribution in [0.5, 0.6) is 5.75 Å². The number of fused-ring (bicyclic) bond motifs is 5. The number of rotatable bonds is 3. The maximum absolute atomic E-state index is 5.17. The van der Waals surface area contributed by atoms with Crippen LogP contribution >= 0.6 is 0 Å². The van der Waals surface area contributed by atoms with Crippen molar-refractivity contribution in [1.82, 2.24) is 0 Å². The molecule has 3 aliphatic carbocycles. The molecule has 0 aliphatic heterocycles. The molecule has 2 bridgehead atoms. The number of allylic oxidation sites excluding steroid dienone is 3. The molecular weight excluding hydrogens is 220 g/mol. The zero-order valence-corrected chi connectivity index (χ0v) is 10.7. The van der Waals surface area contributed by atoms with Gasteiger partial charge in [-0.15, -0.1) is 0 Å². The molecule has 0 saturated heterocycles. The van der Waals surface area contributed by atoms with Crippen molar-refractivity contribution in [3.63, 3.8) is 0 Å². The third-order valence-electron chi connectivity index (χ3n) is 4.91. The van der Waals surface area contributed by atoms with E-state index in [4.69, 9.17) is 4.74 Å². The molecule has 2 fully saturated rings. The van der Waals surface area contributed by atoms with Gasteiger partial charge in [0.25, 0.3) is 0 Å². The van der Waals surface area contributed by atoms with Gasteiger partial charge in [0, 0.05) is 0 Å². The Morgan fingerprint density at radius 2 is 2.06 bits per heavy atom. The lowest BCUT2D eigenvalue weighted by Gasteiger charge is -2.04. The molecule has 18 heavy (non-hydrogen) atoms. The molecule has 3 aliphatic rings. The van der Waals surface area contributed by atoms with E-state index in [0.717, 1.165) is 29.4 Å². The van der Waals surface area contributed by atoms with Crippen LogP contribution in [0.3, 0.4) is 0 Å². The Kier molecular flexibility index (Phi) is 2.17. The quantitative estimate of drug-likeness (QED) is 0.725. The van der Waals surface area contributed by atoms with E-state index in [1.54, 1.807) is 12.7 Å². The van der Waals surface area contributed by atoms with Gasteiger partial charge in [-0.3, -0.25) is 0 Å². The van der Waals surface area contributed by atoms with Crippen LogP contribution in [0.15, 0.2) is 42.0 Å². The monoisotopic (exact) mass is 238 g/mol. The standard InChI is InChI=1S/C17H18O/c1-18-14-7-2-11(3-8-14)4-9-15-16-12-5-6-13(10-12)17(15)16/h2-5,7-9,13,15-17H,6,10H2,1H3/b9-4+/t13-,15+,16+,17-/m0/s1. The van der Waals surface area contributed by atoms with Gasteiger partial charge >= 0.3 is 0 Å². The second kappa shape index (κ2) is 3.74. The van der Waals surface area contributed by atoms with E-state index in [1.165, 1.54) is 18.4 Å². The molecule has 92 valence electrons. The summed E-state index contributed by atoms with van der Waals surface area (Å²) in [5.41, 5.74) is 3.04. The third-order valence-corrected chi connectivity index (χ3v) is 4.91. The smallest absolute Gasteiger partial charge is 0.118 e. The lowest BCUT2D eigenvalue weighted by atomic mass is 10.0. The second-order valence-electron chi connectivity index (χ2n) is 5.79. The van der Waals surface area contributed by atoms with Gasteiger partial charge in [-0.05, 0) is 54.2 Å². The number of ether oxygens (including phenoxy) is 1. The van der Waals surface area contributed by atoms with Crippen molar-refractivity contribution >= 4 is 6.08 Å². The Labute approximate surface area is 108 Å². The van der Waals surface area contributed by atoms with Crippen molar-refractivity contribution in [2.75, 3.05) is 7.11 Å². The van der Waals surface area contributed by atoms with Crippen molar-refractivity contribution in [1.29, 1.82) is 0 Å². The number of hydrogen-bond acceptors (Lipinski definition) is 1. The van der Waals surface area contributed by atoms with Crippen molar-refractivity contribution in [3.8, 4) is 5.75 Å². The minimum Gasteiger partial charge on any atom is -0.497 e. The average Bonchev–Trinajstić information content (AvgIpc) is 2.81. The van der Waals surface area contributed by atoms with Crippen LogP contribution in [0, 0.1) is 23.7 Å². The largest absolute Gasteiger partial charge is 0.497 e. The Morgan fingerprint density at radius 3 is 2.72 bits per heavy atom. The molecular formula is C17H18O. The van der Waals surface area contributed by atoms with Crippen molar-refractivity contribution in [2.24, 2.45) is 23.7 Å². The summed E-state index contributed by atoms with van der Waals surface area (Å²) < 4.78 is 5.17. The number of benzene rings is 1. The Balaban J connectivity index is 1.46. The molecule has 0 heterocycles. The Hall–Kier alpha value is -1.50. The molecule has 1 nitrogen and oxygen atoms in total. The van der Waals surface area contributed by atoms with Crippen LogP contribution in [0.2, 0.25) is 0 Å². The van der Waals surface area contributed by atoms with Gasteiger partial charge in [-0.25, -0.2) is 0 Å². The maximum Gasteiger partial charge on any atom is 0.118 e. The SMILES string of the molecule is COc1ccc(/C=C/[C@@H]2[C@H]3C4=CC[C@@H](C4)[C@@H]23)cc1. The first-order valence-corrected chi connectivity index (χ1v) is 6.88. The first-order valence-electron chi connectivity index (χ1n) is 6.88. The lowest BCUT2D eigenvalue weighted by Crippen LogP contribution is -1.96. The summed E-state index contributed by atoms with van der Waals surface area (Å²) in [6, 6.07) is 8.31. The molecule has 4 atom stereocenters. The predicted octanol–water partition coefficient (Wildman–Crippen LogP) is 3.92. The lowest BCUT2D eigenvalue weighted by molar-refractivity contribution is 0.415. The first-order chi connectivity index (χ1) is 8.86. The third kappa shape index (κ3) is 1.46. The van der Waals surface area contributed by atoms with E-state index >= 15 is 0 Å². The highest BCUT2D eigenvalue weighted by Crippen LogP contribution is 2.67. The summed E-state index contributed by atoms with van der Waals surface area (Å²) in [6.07, 6.45) is 9.96. The van der Waals surface area contributed by atoms with Gasteiger partial charge in [-0.2, -0.15) is 0 Å². The molecule has 4 rings (SSSR count). The topological polar surface area (TPSA) is 9.23 Å². The minimum absolute atomic E-state index is 0.833. The van der Waals surface area contributed by atoms with Crippen molar-refractivity contribution in [3.05, 3.63) is 47.6 Å². The number of hydrogen-bond donors (Lipinski definition) is 0. The van der Waals surface area contributed by atoms with E-state index in [1.807, 2.05) is 12.1 Å². The first kappa shape index (κ1) is 10.4. The van der Waals surface area contributed by atoms with Gasteiger partial charge < -0.3 is 4.74 Å². The van der Waals surface area contributed by atoms with E-state index in [0.29, 0.717) is 0 Å². The van der Waals surface area contributed by atoms with Gasteiger partial charge in [0.05, 0.1) is 7.11 Å². The van der Waals surface area contributed by atoms with Crippen LogP contribution in [0.25, 0.3) is 6.08 Å². The second-order valence-corrected chi connectivity index (χ2v) is 5.79. The highest BCUT2D eigenvalue weighted by molar-refractivity contribution is 5.53. The Morgan fingerprint density at radius 1 is 1.22 bits per heavy atom. The number of methoxy groups -OCH3 is 1. The summed E-state index contributed by atoms with van der Waals surface area (Å²) in [6.45, 7) is 0. The summed E-state index contributed by atoms with van der Waals surface area (Å²) in [5, 5.41) is 0. The fraction of sp³-hybridized carbons (Fsp3) is 0.412. The van der Waals surface area contributed by atoms with Gasteiger partial charge in [-0.1, -0.05) is 35.9 Å². The average molecular weight is 238 g/mol. The molecule has 0 amide bonds. The summed E-state index contributed by atoms with van der Waals surface area (Å²) >= 11 is 0. The molecule has 2 saturated carbocycles. The molecule has 0 unspecified atom stereocenters. The van der Waals surface area contributed by atoms with Crippen LogP contribution in [0.1, 0.15) is 18.4 Å². The van der Waals surface area contributed by atoms with E-state index < -0.39 is 0 Å². The van der Waals surface area contributed by atoms with Crippen molar-refractivity contribution < 1.29 is 4.74 Å². The van der Waals surface area contributed by atoms with E-state index in [9.17, 15) is 0 Å². The normalized spacial score (nSPS) is 35.7. The van der Waals surface area contributed by atoms with Crippen LogP contribution in [-0.4, -0.2) is 7.11 Å². The molecule has 1 heteroatoms. The molecule has 1 aromatic carbocycles. The fourth-order valence-electron chi connectivity index (χ4n) is 3.98. The van der Waals surface area contributed by atoms with Gasteiger partial charge in [0.15, 0.2) is 0 Å². The fourth-order valence-corrected chi connectivity index (χ4v) is 3.98. The summed E-state index contributed by atoms with van der Waals surface area (Å²) in [5.74, 6) is 4.64. The maximum atomic E-state index is 5.17. The zero-order chi connectivity index (χ0) is 12.1. The Bertz CT molecular complexity index is 523. The highest BCUT2D eigenvalue weighted by Gasteiger charge is 2.60. The molecule has 0 aromatic heterocycles. The molecule has 0 N–H and O–H groups in total. The minimum atomic E-state index is 0.833. The molecule has 0 radical (unpaired) electrons. The van der Waals surface area contributed by atoms with E-state index in [-0.39, 0.29) is 0 Å². The highest BCUT2D eigenvalue weighted by atomic mass is 16.5. The van der Waals surface area contributed by atoms with Crippen LogP contribution in [-0.2, 0) is 0 Å². The van der Waals surface area contributed by atoms with Gasteiger partial charge in [0.2, 0.25) is 0 Å². The van der Waals surface area contributed by atoms with E-state index in [2.05, 4.69) is 30.4 Å². The van der Waals surface area contributed by atoms with Crippen molar-refractivity contribution in [2.45, 2.75) is 12.8 Å². The predicted molar refractivity (Wildman–Crippen MR) is 73.3 cm³/mol. The summed E-state index contributed by atoms with van der Waals surface area (Å²) in [4.78, 5) is 0.